The minimum Gasteiger partial charge on any atom is -0.454 e. The maximum Gasteiger partial charge on any atom is 0.331 e. The molecule has 0 saturated carbocycles. The van der Waals surface area contributed by atoms with Crippen molar-refractivity contribution >= 4 is 35.5 Å². The Morgan fingerprint density at radius 3 is 2.85 bits per heavy atom. The summed E-state index contributed by atoms with van der Waals surface area (Å²) in [6.07, 6.45) is 3.44. The Hall–Kier alpha value is -2.74. The van der Waals surface area contributed by atoms with Crippen molar-refractivity contribution in [2.24, 2.45) is 0 Å². The summed E-state index contributed by atoms with van der Waals surface area (Å²) in [6, 6.07) is 2.57. The Morgan fingerprint density at radius 2 is 2.11 bits per heavy atom. The van der Waals surface area contributed by atoms with Crippen LogP contribution in [-0.4, -0.2) is 43.8 Å². The van der Waals surface area contributed by atoms with Gasteiger partial charge in [-0.25, -0.2) is 4.79 Å². The minimum absolute atomic E-state index is 0.0915. The molecule has 2 amide bonds. The standard InChI is InChI=1S/C18H21ClN2O6/c1-3-6-20-18(24)11(2)21-15(22)9-25-16(23)5-4-12-7-13(19)17-14(8-12)26-10-27-17/h4-5,7-8,11H,3,6,9-10H2,1-2H3,(H,20,24)(H,21,22)/b5-4+/t11-/m0/s1. The molecular formula is C18H21ClN2O6. The van der Waals surface area contributed by atoms with Crippen molar-refractivity contribution in [1.29, 1.82) is 0 Å². The average Bonchev–Trinajstić information content (AvgIpc) is 3.11. The first kappa shape index (κ1) is 20.6. The molecule has 1 atom stereocenters. The van der Waals surface area contributed by atoms with Crippen LogP contribution in [0.15, 0.2) is 18.2 Å². The molecule has 146 valence electrons. The lowest BCUT2D eigenvalue weighted by molar-refractivity contribution is -0.144. The number of ether oxygens (including phenoxy) is 3. The Balaban J connectivity index is 1.79. The predicted octanol–water partition coefficient (Wildman–Crippen LogP) is 1.66. The maximum absolute atomic E-state index is 11.7. The quantitative estimate of drug-likeness (QED) is 0.511. The fourth-order valence-corrected chi connectivity index (χ4v) is 2.46. The number of carbonyl (C=O) groups excluding carboxylic acids is 3. The third-order valence-corrected chi connectivity index (χ3v) is 3.81. The van der Waals surface area contributed by atoms with Gasteiger partial charge in [0.1, 0.15) is 6.04 Å². The van der Waals surface area contributed by atoms with Gasteiger partial charge in [-0.2, -0.15) is 0 Å². The number of hydrogen-bond donors (Lipinski definition) is 2. The van der Waals surface area contributed by atoms with E-state index < -0.39 is 24.5 Å². The van der Waals surface area contributed by atoms with Gasteiger partial charge < -0.3 is 24.8 Å². The van der Waals surface area contributed by atoms with Crippen LogP contribution in [0, 0.1) is 0 Å². The van der Waals surface area contributed by atoms with Crippen LogP contribution in [0.4, 0.5) is 0 Å². The lowest BCUT2D eigenvalue weighted by atomic mass is 10.2. The monoisotopic (exact) mass is 396 g/mol. The van der Waals surface area contributed by atoms with Crippen LogP contribution in [0.3, 0.4) is 0 Å². The van der Waals surface area contributed by atoms with E-state index in [1.807, 2.05) is 6.92 Å². The number of fused-ring (bicyclic) bond motifs is 1. The van der Waals surface area contributed by atoms with Gasteiger partial charge in [0.25, 0.3) is 5.91 Å². The SMILES string of the molecule is CCCNC(=O)[C@H](C)NC(=O)COC(=O)/C=C/c1cc(Cl)c2c(c1)OCO2. The van der Waals surface area contributed by atoms with Crippen molar-refractivity contribution < 1.29 is 28.6 Å². The van der Waals surface area contributed by atoms with Gasteiger partial charge in [0, 0.05) is 12.6 Å². The van der Waals surface area contributed by atoms with E-state index in [0.717, 1.165) is 6.42 Å². The van der Waals surface area contributed by atoms with Crippen molar-refractivity contribution in [1.82, 2.24) is 10.6 Å². The lowest BCUT2D eigenvalue weighted by Crippen LogP contribution is -2.46. The van der Waals surface area contributed by atoms with Crippen LogP contribution in [0.25, 0.3) is 6.08 Å². The van der Waals surface area contributed by atoms with Crippen LogP contribution >= 0.6 is 11.6 Å². The third kappa shape index (κ3) is 6.18. The Labute approximate surface area is 161 Å². The maximum atomic E-state index is 11.7. The second-order valence-corrected chi connectivity index (χ2v) is 6.16. The summed E-state index contributed by atoms with van der Waals surface area (Å²) in [6.45, 7) is 3.61. The van der Waals surface area contributed by atoms with Gasteiger partial charge in [-0.1, -0.05) is 18.5 Å². The molecule has 8 nitrogen and oxygen atoms in total. The molecule has 1 heterocycles. The van der Waals surface area contributed by atoms with Crippen molar-refractivity contribution in [3.05, 3.63) is 28.8 Å². The molecule has 0 aromatic heterocycles. The second-order valence-electron chi connectivity index (χ2n) is 5.76. The van der Waals surface area contributed by atoms with Crippen molar-refractivity contribution in [3.63, 3.8) is 0 Å². The van der Waals surface area contributed by atoms with E-state index in [2.05, 4.69) is 10.6 Å². The molecule has 1 aliphatic heterocycles. The molecule has 2 rings (SSSR count). The summed E-state index contributed by atoms with van der Waals surface area (Å²) in [5.74, 6) is -0.615. The van der Waals surface area contributed by atoms with Crippen molar-refractivity contribution in [2.75, 3.05) is 19.9 Å². The fourth-order valence-electron chi connectivity index (χ4n) is 2.18. The van der Waals surface area contributed by atoms with Crippen LogP contribution in [0.2, 0.25) is 5.02 Å². The van der Waals surface area contributed by atoms with E-state index in [1.165, 1.54) is 12.2 Å². The van der Waals surface area contributed by atoms with Crippen LogP contribution in [0.1, 0.15) is 25.8 Å². The van der Waals surface area contributed by atoms with E-state index >= 15 is 0 Å². The molecule has 1 aliphatic rings. The summed E-state index contributed by atoms with van der Waals surface area (Å²) >= 11 is 6.06. The zero-order chi connectivity index (χ0) is 19.8. The van der Waals surface area contributed by atoms with Crippen LogP contribution < -0.4 is 20.1 Å². The average molecular weight is 397 g/mol. The summed E-state index contributed by atoms with van der Waals surface area (Å²) < 4.78 is 15.3. The minimum atomic E-state index is -0.714. The van der Waals surface area contributed by atoms with Gasteiger partial charge in [-0.3, -0.25) is 9.59 Å². The van der Waals surface area contributed by atoms with Crippen molar-refractivity contribution in [3.8, 4) is 11.5 Å². The summed E-state index contributed by atoms with van der Waals surface area (Å²) in [4.78, 5) is 35.2. The fraction of sp³-hybridized carbons (Fsp3) is 0.389. The van der Waals surface area contributed by atoms with Crippen molar-refractivity contribution in [2.45, 2.75) is 26.3 Å². The van der Waals surface area contributed by atoms with E-state index in [4.69, 9.17) is 25.8 Å². The smallest absolute Gasteiger partial charge is 0.331 e. The molecular weight excluding hydrogens is 376 g/mol. The molecule has 1 aromatic rings. The Kier molecular flexibility index (Phi) is 7.48. The van der Waals surface area contributed by atoms with Gasteiger partial charge >= 0.3 is 5.97 Å². The molecule has 0 spiro atoms. The molecule has 0 unspecified atom stereocenters. The van der Waals surface area contributed by atoms with Crippen LogP contribution in [0.5, 0.6) is 11.5 Å². The molecule has 0 saturated heterocycles. The van der Waals surface area contributed by atoms with E-state index in [0.29, 0.717) is 28.6 Å². The lowest BCUT2D eigenvalue weighted by Gasteiger charge is -2.13. The molecule has 0 aliphatic carbocycles. The largest absolute Gasteiger partial charge is 0.454 e. The number of carbonyl (C=O) groups is 3. The number of amides is 2. The third-order valence-electron chi connectivity index (χ3n) is 3.53. The number of benzene rings is 1. The number of esters is 1. The summed E-state index contributed by atoms with van der Waals surface area (Å²) in [5, 5.41) is 5.48. The number of rotatable bonds is 8. The first-order valence-corrected chi connectivity index (χ1v) is 8.79. The Morgan fingerprint density at radius 1 is 1.33 bits per heavy atom. The summed E-state index contributed by atoms with van der Waals surface area (Å²) in [5.41, 5.74) is 0.617. The zero-order valence-corrected chi connectivity index (χ0v) is 15.8. The summed E-state index contributed by atoms with van der Waals surface area (Å²) in [7, 11) is 0. The highest BCUT2D eigenvalue weighted by Gasteiger charge is 2.18. The van der Waals surface area contributed by atoms with E-state index in [1.54, 1.807) is 19.1 Å². The zero-order valence-electron chi connectivity index (χ0n) is 15.0. The molecule has 27 heavy (non-hydrogen) atoms. The molecule has 0 bridgehead atoms. The van der Waals surface area contributed by atoms with E-state index in [-0.39, 0.29) is 12.7 Å². The van der Waals surface area contributed by atoms with Gasteiger partial charge in [0.15, 0.2) is 18.1 Å². The second kappa shape index (κ2) is 9.82. The topological polar surface area (TPSA) is 103 Å². The highest BCUT2D eigenvalue weighted by atomic mass is 35.5. The van der Waals surface area contributed by atoms with Gasteiger partial charge in [-0.15, -0.1) is 0 Å². The van der Waals surface area contributed by atoms with E-state index in [9.17, 15) is 14.4 Å². The number of hydrogen-bond acceptors (Lipinski definition) is 6. The number of nitrogens with one attached hydrogen (secondary N) is 2. The van der Waals surface area contributed by atoms with Gasteiger partial charge in [0.05, 0.1) is 5.02 Å². The van der Waals surface area contributed by atoms with Gasteiger partial charge in [0.2, 0.25) is 12.7 Å². The molecule has 2 N–H and O–H groups in total. The van der Waals surface area contributed by atoms with Gasteiger partial charge in [-0.05, 0) is 37.1 Å². The number of halogens is 1. The highest BCUT2D eigenvalue weighted by Crippen LogP contribution is 2.40. The predicted molar refractivity (Wildman–Crippen MR) is 98.5 cm³/mol. The molecule has 0 radical (unpaired) electrons. The highest BCUT2D eigenvalue weighted by molar-refractivity contribution is 6.32. The van der Waals surface area contributed by atoms with Crippen LogP contribution in [-0.2, 0) is 19.1 Å². The molecule has 0 fully saturated rings. The Bertz CT molecular complexity index is 750. The first-order chi connectivity index (χ1) is 12.9. The first-order valence-electron chi connectivity index (χ1n) is 8.41. The normalized spacial score (nSPS) is 13.3. The molecule has 1 aromatic carbocycles. The molecule has 9 heteroatoms.